The first kappa shape index (κ1) is 14.5. The van der Waals surface area contributed by atoms with E-state index in [2.05, 4.69) is 50.5 Å². The maximum atomic E-state index is 5.43. The smallest absolute Gasteiger partial charge is 0.159 e. The van der Waals surface area contributed by atoms with E-state index in [1.165, 1.54) is 32.0 Å². The Kier molecular flexibility index (Phi) is 4.99. The van der Waals surface area contributed by atoms with Gasteiger partial charge in [-0.05, 0) is 40.6 Å². The Morgan fingerprint density at radius 3 is 2.63 bits per heavy atom. The molecule has 1 fully saturated rings. The Hall–Kier alpha value is -0.880. The third kappa shape index (κ3) is 3.36. The molecule has 1 aliphatic rings. The number of aromatic nitrogens is 2. The van der Waals surface area contributed by atoms with Crippen molar-refractivity contribution in [2.24, 2.45) is 17.7 Å². The van der Waals surface area contributed by atoms with E-state index in [1.54, 1.807) is 0 Å². The minimum Gasteiger partial charge on any atom is -0.366 e. The molecule has 1 aromatic heterocycles. The molecule has 4 N–H and O–H groups in total. The highest BCUT2D eigenvalue weighted by atomic mass is 79.9. The number of hydrazine groups is 1. The summed E-state index contributed by atoms with van der Waals surface area (Å²) in [6.07, 6.45) is 6.63. The lowest BCUT2D eigenvalue weighted by molar-refractivity contribution is 0.253. The van der Waals surface area contributed by atoms with E-state index in [-0.39, 0.29) is 0 Å². The summed E-state index contributed by atoms with van der Waals surface area (Å²) in [4.78, 5) is 8.38. The molecular formula is C13H22BrN5. The number of nitrogens with two attached hydrogens (primary N) is 1. The SMILES string of the molecule is CC(C)C1CCCCC1Nc1ncnc(NN)c1Br. The molecule has 0 bridgehead atoms. The van der Waals surface area contributed by atoms with Crippen molar-refractivity contribution in [3.05, 3.63) is 10.8 Å². The fourth-order valence-electron chi connectivity index (χ4n) is 2.88. The number of nitrogens with one attached hydrogen (secondary N) is 2. The molecule has 1 aromatic rings. The zero-order valence-corrected chi connectivity index (χ0v) is 13.1. The van der Waals surface area contributed by atoms with E-state index >= 15 is 0 Å². The highest BCUT2D eigenvalue weighted by molar-refractivity contribution is 9.10. The Morgan fingerprint density at radius 2 is 1.95 bits per heavy atom. The van der Waals surface area contributed by atoms with Gasteiger partial charge in [0, 0.05) is 6.04 Å². The second kappa shape index (κ2) is 6.52. The van der Waals surface area contributed by atoms with Crippen LogP contribution in [0.4, 0.5) is 11.6 Å². The van der Waals surface area contributed by atoms with Crippen molar-refractivity contribution < 1.29 is 0 Å². The average Bonchev–Trinajstić information content (AvgIpc) is 2.41. The maximum Gasteiger partial charge on any atom is 0.159 e. The highest BCUT2D eigenvalue weighted by Gasteiger charge is 2.28. The molecule has 6 heteroatoms. The van der Waals surface area contributed by atoms with Gasteiger partial charge in [0.1, 0.15) is 16.6 Å². The van der Waals surface area contributed by atoms with Crippen molar-refractivity contribution in [2.45, 2.75) is 45.6 Å². The molecule has 5 nitrogen and oxygen atoms in total. The zero-order chi connectivity index (χ0) is 13.8. The molecule has 1 heterocycles. The van der Waals surface area contributed by atoms with Crippen molar-refractivity contribution in [3.8, 4) is 0 Å². The van der Waals surface area contributed by atoms with Crippen LogP contribution in [0, 0.1) is 11.8 Å². The van der Waals surface area contributed by atoms with E-state index in [1.807, 2.05) is 0 Å². The maximum absolute atomic E-state index is 5.43. The van der Waals surface area contributed by atoms with Crippen LogP contribution in [0.5, 0.6) is 0 Å². The van der Waals surface area contributed by atoms with Crippen LogP contribution in [0.15, 0.2) is 10.8 Å². The number of hydrogen-bond acceptors (Lipinski definition) is 5. The number of nitrogens with zero attached hydrogens (tertiary/aromatic N) is 2. The van der Waals surface area contributed by atoms with E-state index in [0.717, 1.165) is 10.3 Å². The van der Waals surface area contributed by atoms with Gasteiger partial charge in [-0.2, -0.15) is 0 Å². The quantitative estimate of drug-likeness (QED) is 0.585. The van der Waals surface area contributed by atoms with E-state index < -0.39 is 0 Å². The van der Waals surface area contributed by atoms with Gasteiger partial charge in [0.2, 0.25) is 0 Å². The molecule has 0 aromatic carbocycles. The topological polar surface area (TPSA) is 75.9 Å². The van der Waals surface area contributed by atoms with Crippen molar-refractivity contribution in [1.29, 1.82) is 0 Å². The molecule has 0 saturated heterocycles. The summed E-state index contributed by atoms with van der Waals surface area (Å²) in [5, 5.41) is 3.56. The Labute approximate surface area is 122 Å². The summed E-state index contributed by atoms with van der Waals surface area (Å²) >= 11 is 3.50. The lowest BCUT2D eigenvalue weighted by atomic mass is 9.78. The van der Waals surface area contributed by atoms with Crippen molar-refractivity contribution >= 4 is 27.6 Å². The fraction of sp³-hybridized carbons (Fsp3) is 0.692. The van der Waals surface area contributed by atoms with Crippen molar-refractivity contribution in [2.75, 3.05) is 10.7 Å². The Balaban J connectivity index is 2.15. The lowest BCUT2D eigenvalue weighted by Gasteiger charge is -2.35. The molecule has 1 aliphatic carbocycles. The predicted molar refractivity (Wildman–Crippen MR) is 81.7 cm³/mol. The van der Waals surface area contributed by atoms with Gasteiger partial charge < -0.3 is 10.7 Å². The summed E-state index contributed by atoms with van der Waals surface area (Å²) in [6.45, 7) is 4.60. The molecule has 19 heavy (non-hydrogen) atoms. The Morgan fingerprint density at radius 1 is 1.26 bits per heavy atom. The molecule has 106 valence electrons. The Bertz CT molecular complexity index is 423. The molecule has 0 spiro atoms. The van der Waals surface area contributed by atoms with Crippen LogP contribution in [-0.2, 0) is 0 Å². The van der Waals surface area contributed by atoms with Crippen LogP contribution in [0.3, 0.4) is 0 Å². The second-order valence-corrected chi connectivity index (χ2v) is 6.27. The summed E-state index contributed by atoms with van der Waals surface area (Å²) in [6, 6.07) is 0.477. The monoisotopic (exact) mass is 327 g/mol. The first-order valence-electron chi connectivity index (χ1n) is 6.87. The lowest BCUT2D eigenvalue weighted by Crippen LogP contribution is -2.35. The van der Waals surface area contributed by atoms with Gasteiger partial charge in [-0.3, -0.25) is 0 Å². The first-order chi connectivity index (χ1) is 9.13. The molecule has 0 amide bonds. The van der Waals surface area contributed by atoms with Gasteiger partial charge in [0.15, 0.2) is 5.82 Å². The van der Waals surface area contributed by atoms with Gasteiger partial charge in [-0.15, -0.1) is 0 Å². The first-order valence-corrected chi connectivity index (χ1v) is 7.66. The predicted octanol–water partition coefficient (Wildman–Crippen LogP) is 3.15. The summed E-state index contributed by atoms with van der Waals surface area (Å²) in [5.74, 6) is 8.24. The largest absolute Gasteiger partial charge is 0.366 e. The third-order valence-corrected chi connectivity index (χ3v) is 4.68. The van der Waals surface area contributed by atoms with Crippen LogP contribution >= 0.6 is 15.9 Å². The molecule has 1 saturated carbocycles. The van der Waals surface area contributed by atoms with Crippen LogP contribution in [0.25, 0.3) is 0 Å². The van der Waals surface area contributed by atoms with E-state index in [0.29, 0.717) is 23.7 Å². The fourth-order valence-corrected chi connectivity index (χ4v) is 3.32. The third-order valence-electron chi connectivity index (χ3n) is 3.92. The molecular weight excluding hydrogens is 306 g/mol. The van der Waals surface area contributed by atoms with Crippen LogP contribution in [0.1, 0.15) is 39.5 Å². The summed E-state index contributed by atoms with van der Waals surface area (Å²) in [5.41, 5.74) is 2.57. The normalized spacial score (nSPS) is 23.4. The standard InChI is InChI=1S/C13H22BrN5/c1-8(2)9-5-3-4-6-10(9)18-12-11(14)13(19-15)17-7-16-12/h7-10H,3-6,15H2,1-2H3,(H2,16,17,18,19). The molecule has 0 aliphatic heterocycles. The van der Waals surface area contributed by atoms with E-state index in [4.69, 9.17) is 5.84 Å². The molecule has 2 unspecified atom stereocenters. The number of rotatable bonds is 4. The van der Waals surface area contributed by atoms with Crippen LogP contribution < -0.4 is 16.6 Å². The minimum atomic E-state index is 0.477. The molecule has 0 radical (unpaired) electrons. The second-order valence-electron chi connectivity index (χ2n) is 5.47. The number of halogens is 1. The van der Waals surface area contributed by atoms with Crippen LogP contribution in [0.2, 0.25) is 0 Å². The number of hydrogen-bond donors (Lipinski definition) is 3. The molecule has 2 atom stereocenters. The summed E-state index contributed by atoms with van der Waals surface area (Å²) in [7, 11) is 0. The van der Waals surface area contributed by atoms with Gasteiger partial charge in [0.25, 0.3) is 0 Å². The number of nitrogen functional groups attached to an aromatic ring is 1. The van der Waals surface area contributed by atoms with Gasteiger partial charge >= 0.3 is 0 Å². The van der Waals surface area contributed by atoms with Gasteiger partial charge in [-0.1, -0.05) is 26.7 Å². The van der Waals surface area contributed by atoms with Gasteiger partial charge in [-0.25, -0.2) is 15.8 Å². The molecule has 2 rings (SSSR count). The zero-order valence-electron chi connectivity index (χ0n) is 11.5. The van der Waals surface area contributed by atoms with Crippen LogP contribution in [-0.4, -0.2) is 16.0 Å². The highest BCUT2D eigenvalue weighted by Crippen LogP contribution is 2.34. The van der Waals surface area contributed by atoms with E-state index in [9.17, 15) is 0 Å². The number of anilines is 2. The average molecular weight is 328 g/mol. The van der Waals surface area contributed by atoms with Crippen molar-refractivity contribution in [1.82, 2.24) is 9.97 Å². The van der Waals surface area contributed by atoms with Gasteiger partial charge in [0.05, 0.1) is 0 Å². The summed E-state index contributed by atoms with van der Waals surface area (Å²) < 4.78 is 0.797. The minimum absolute atomic E-state index is 0.477. The van der Waals surface area contributed by atoms with Crippen molar-refractivity contribution in [3.63, 3.8) is 0 Å².